The van der Waals surface area contributed by atoms with E-state index in [1.165, 1.54) is 12.8 Å². The lowest BCUT2D eigenvalue weighted by Gasteiger charge is -2.35. The molecule has 1 amide bonds. The van der Waals surface area contributed by atoms with Crippen molar-refractivity contribution in [2.24, 2.45) is 0 Å². The Morgan fingerprint density at radius 3 is 2.62 bits per heavy atom. The predicted octanol–water partition coefficient (Wildman–Crippen LogP) is 1.76. The van der Waals surface area contributed by atoms with Crippen molar-refractivity contribution in [1.82, 2.24) is 15.5 Å². The number of terminal acetylenes is 1. The maximum atomic E-state index is 12.4. The van der Waals surface area contributed by atoms with E-state index in [1.54, 1.807) is 0 Å². The minimum absolute atomic E-state index is 0.0515. The molecule has 1 fully saturated rings. The van der Waals surface area contributed by atoms with Crippen LogP contribution in [-0.4, -0.2) is 48.6 Å². The highest BCUT2D eigenvalue weighted by Crippen LogP contribution is 2.15. The highest BCUT2D eigenvalue weighted by Gasteiger charge is 2.28. The van der Waals surface area contributed by atoms with E-state index in [4.69, 9.17) is 6.42 Å². The van der Waals surface area contributed by atoms with E-state index in [9.17, 15) is 4.79 Å². The molecule has 0 radical (unpaired) electrons. The van der Waals surface area contributed by atoms with Gasteiger partial charge in [0.05, 0.1) is 6.54 Å². The van der Waals surface area contributed by atoms with E-state index in [0.717, 1.165) is 38.9 Å². The molecule has 0 aromatic heterocycles. The average Bonchev–Trinajstić information content (AvgIpc) is 2.53. The lowest BCUT2D eigenvalue weighted by molar-refractivity contribution is -0.124. The summed E-state index contributed by atoms with van der Waals surface area (Å²) in [6, 6.07) is 0.466. The molecular formula is C17H31N3O. The molecule has 1 aliphatic rings. The smallest absolute Gasteiger partial charge is 0.235 e. The van der Waals surface area contributed by atoms with Gasteiger partial charge in [-0.2, -0.15) is 0 Å². The van der Waals surface area contributed by atoms with Crippen molar-refractivity contribution in [2.75, 3.05) is 26.2 Å². The van der Waals surface area contributed by atoms with Crippen LogP contribution < -0.4 is 10.6 Å². The monoisotopic (exact) mass is 293 g/mol. The second kappa shape index (κ2) is 9.07. The maximum Gasteiger partial charge on any atom is 0.235 e. The van der Waals surface area contributed by atoms with Crippen molar-refractivity contribution in [3.63, 3.8) is 0 Å². The third kappa shape index (κ3) is 5.33. The Balaban J connectivity index is 2.61. The van der Waals surface area contributed by atoms with Crippen LogP contribution in [0.4, 0.5) is 0 Å². The first kappa shape index (κ1) is 18.0. The van der Waals surface area contributed by atoms with Gasteiger partial charge in [0.25, 0.3) is 0 Å². The summed E-state index contributed by atoms with van der Waals surface area (Å²) in [6.07, 6.45) is 10.6. The summed E-state index contributed by atoms with van der Waals surface area (Å²) in [5.41, 5.74) is -0.486. The molecule has 0 bridgehead atoms. The Kier molecular flexibility index (Phi) is 7.77. The van der Waals surface area contributed by atoms with Crippen LogP contribution in [-0.2, 0) is 4.79 Å². The third-order valence-electron chi connectivity index (χ3n) is 4.51. The van der Waals surface area contributed by atoms with Crippen LogP contribution in [0.3, 0.4) is 0 Å². The fraction of sp³-hybridized carbons (Fsp3) is 0.824. The summed E-state index contributed by atoms with van der Waals surface area (Å²) in [5.74, 6) is 2.82. The zero-order chi connectivity index (χ0) is 15.7. The van der Waals surface area contributed by atoms with Crippen molar-refractivity contribution in [3.8, 4) is 12.3 Å². The number of nitrogens with one attached hydrogen (secondary N) is 2. The van der Waals surface area contributed by atoms with Gasteiger partial charge in [0.15, 0.2) is 0 Å². The topological polar surface area (TPSA) is 44.4 Å². The van der Waals surface area contributed by atoms with E-state index in [-0.39, 0.29) is 5.91 Å². The first-order valence-electron chi connectivity index (χ1n) is 8.34. The van der Waals surface area contributed by atoms with Crippen molar-refractivity contribution >= 4 is 5.91 Å². The van der Waals surface area contributed by atoms with E-state index >= 15 is 0 Å². The summed E-state index contributed by atoms with van der Waals surface area (Å²) in [4.78, 5) is 14.7. The molecule has 1 atom stereocenters. The minimum atomic E-state index is -0.486. The van der Waals surface area contributed by atoms with Crippen LogP contribution in [0.2, 0.25) is 0 Å². The van der Waals surface area contributed by atoms with Gasteiger partial charge in [0, 0.05) is 12.6 Å². The van der Waals surface area contributed by atoms with E-state index in [0.29, 0.717) is 12.6 Å². The van der Waals surface area contributed by atoms with Gasteiger partial charge in [-0.1, -0.05) is 26.7 Å². The number of hydrogen-bond donors (Lipinski definition) is 2. The average molecular weight is 293 g/mol. The summed E-state index contributed by atoms with van der Waals surface area (Å²) < 4.78 is 0. The Labute approximate surface area is 130 Å². The fourth-order valence-electron chi connectivity index (χ4n) is 2.98. The highest BCUT2D eigenvalue weighted by atomic mass is 16.2. The van der Waals surface area contributed by atoms with Crippen LogP contribution in [0, 0.1) is 12.3 Å². The number of hydrogen-bond acceptors (Lipinski definition) is 3. The second-order valence-corrected chi connectivity index (χ2v) is 5.95. The highest BCUT2D eigenvalue weighted by molar-refractivity contribution is 5.79. The van der Waals surface area contributed by atoms with E-state index in [1.807, 2.05) is 13.8 Å². The summed E-state index contributed by atoms with van der Waals surface area (Å²) in [5, 5.41) is 6.49. The molecule has 120 valence electrons. The normalized spacial score (nSPS) is 19.3. The SMILES string of the molecule is C#CC(CC)(CC)NC(=O)CN(CCC)C1CCCNC1. The molecule has 1 rings (SSSR count). The van der Waals surface area contributed by atoms with Gasteiger partial charge in [0.2, 0.25) is 5.91 Å². The summed E-state index contributed by atoms with van der Waals surface area (Å²) >= 11 is 0. The van der Waals surface area contributed by atoms with Crippen LogP contribution in [0.15, 0.2) is 0 Å². The van der Waals surface area contributed by atoms with Gasteiger partial charge >= 0.3 is 0 Å². The van der Waals surface area contributed by atoms with E-state index < -0.39 is 5.54 Å². The molecule has 4 heteroatoms. The maximum absolute atomic E-state index is 12.4. The van der Waals surface area contributed by atoms with Crippen LogP contribution in [0.25, 0.3) is 0 Å². The Bertz CT molecular complexity index is 352. The minimum Gasteiger partial charge on any atom is -0.339 e. The molecule has 1 aliphatic heterocycles. The van der Waals surface area contributed by atoms with Crippen molar-refractivity contribution in [3.05, 3.63) is 0 Å². The molecular weight excluding hydrogens is 262 g/mol. The molecule has 4 nitrogen and oxygen atoms in total. The molecule has 1 saturated heterocycles. The standard InChI is InChI=1S/C17H31N3O/c1-5-12-20(15-10-9-11-18-13-15)14-16(21)19-17(6-2,7-3)8-4/h2,15,18H,5,7-14H2,1,3-4H3,(H,19,21). The van der Waals surface area contributed by atoms with Gasteiger partial charge in [-0.25, -0.2) is 0 Å². The number of amides is 1. The lowest BCUT2D eigenvalue weighted by Crippen LogP contribution is -2.53. The molecule has 0 spiro atoms. The number of piperidine rings is 1. The van der Waals surface area contributed by atoms with Gasteiger partial charge in [0.1, 0.15) is 5.54 Å². The van der Waals surface area contributed by atoms with Crippen molar-refractivity contribution in [1.29, 1.82) is 0 Å². The molecule has 1 heterocycles. The second-order valence-electron chi connectivity index (χ2n) is 5.95. The Morgan fingerprint density at radius 1 is 1.43 bits per heavy atom. The fourth-order valence-corrected chi connectivity index (χ4v) is 2.98. The first-order chi connectivity index (χ1) is 10.1. The van der Waals surface area contributed by atoms with Crippen LogP contribution in [0.1, 0.15) is 52.9 Å². The zero-order valence-electron chi connectivity index (χ0n) is 13.9. The number of rotatable bonds is 8. The zero-order valence-corrected chi connectivity index (χ0v) is 13.9. The van der Waals surface area contributed by atoms with Crippen LogP contribution >= 0.6 is 0 Å². The quantitative estimate of drug-likeness (QED) is 0.670. The molecule has 0 aromatic rings. The largest absolute Gasteiger partial charge is 0.339 e. The number of carbonyl (C=O) groups excluding carboxylic acids is 1. The molecule has 0 aliphatic carbocycles. The van der Waals surface area contributed by atoms with Crippen molar-refractivity contribution < 1.29 is 4.79 Å². The van der Waals surface area contributed by atoms with Gasteiger partial charge < -0.3 is 10.6 Å². The Hall–Kier alpha value is -1.05. The molecule has 1 unspecified atom stereocenters. The molecule has 0 aromatic carbocycles. The number of nitrogens with zero attached hydrogens (tertiary/aromatic N) is 1. The van der Waals surface area contributed by atoms with Crippen LogP contribution in [0.5, 0.6) is 0 Å². The summed E-state index contributed by atoms with van der Waals surface area (Å²) in [7, 11) is 0. The van der Waals surface area contributed by atoms with Crippen molar-refractivity contribution in [2.45, 2.75) is 64.5 Å². The lowest BCUT2D eigenvalue weighted by atomic mass is 9.94. The third-order valence-corrected chi connectivity index (χ3v) is 4.51. The molecule has 2 N–H and O–H groups in total. The Morgan fingerprint density at radius 2 is 2.14 bits per heavy atom. The summed E-state index contributed by atoms with van der Waals surface area (Å²) in [6.45, 7) is 9.69. The van der Waals surface area contributed by atoms with Gasteiger partial charge in [-0.05, 0) is 45.2 Å². The molecule has 0 saturated carbocycles. The predicted molar refractivity (Wildman–Crippen MR) is 88.0 cm³/mol. The van der Waals surface area contributed by atoms with E-state index in [2.05, 4.69) is 28.4 Å². The van der Waals surface area contributed by atoms with Gasteiger partial charge in [-0.15, -0.1) is 6.42 Å². The first-order valence-corrected chi connectivity index (χ1v) is 8.34. The number of carbonyl (C=O) groups is 1. The van der Waals surface area contributed by atoms with Gasteiger partial charge in [-0.3, -0.25) is 9.69 Å². The molecule has 21 heavy (non-hydrogen) atoms.